The lowest BCUT2D eigenvalue weighted by Gasteiger charge is -2.37. The van der Waals surface area contributed by atoms with E-state index in [0.717, 1.165) is 51.9 Å². The second-order valence-electron chi connectivity index (χ2n) is 9.63. The third-order valence-corrected chi connectivity index (χ3v) is 7.68. The highest BCUT2D eigenvalue weighted by Gasteiger charge is 2.29. The largest absolute Gasteiger partial charge is 0.343 e. The summed E-state index contributed by atoms with van der Waals surface area (Å²) in [7, 11) is 8.19. The Morgan fingerprint density at radius 3 is 1.38 bits per heavy atom. The SMILES string of the molecule is CC(C1CCN(C)CC1)N(C)C(=O)CCCC(=O)N(C)C(C)C1CCN(C)CC1. The van der Waals surface area contributed by atoms with E-state index in [9.17, 15) is 9.59 Å². The fourth-order valence-electron chi connectivity index (χ4n) is 4.85. The van der Waals surface area contributed by atoms with E-state index in [0.29, 0.717) is 31.1 Å². The Morgan fingerprint density at radius 2 is 1.07 bits per heavy atom. The van der Waals surface area contributed by atoms with E-state index in [2.05, 4.69) is 37.7 Å². The van der Waals surface area contributed by atoms with Crippen molar-refractivity contribution in [2.45, 2.75) is 70.9 Å². The Hall–Kier alpha value is -1.14. The van der Waals surface area contributed by atoms with Gasteiger partial charge in [-0.3, -0.25) is 9.59 Å². The van der Waals surface area contributed by atoms with Gasteiger partial charge in [-0.1, -0.05) is 0 Å². The van der Waals surface area contributed by atoms with Crippen molar-refractivity contribution >= 4 is 11.8 Å². The Morgan fingerprint density at radius 1 is 0.759 bits per heavy atom. The van der Waals surface area contributed by atoms with Crippen molar-refractivity contribution in [2.75, 3.05) is 54.4 Å². The average molecular weight is 409 g/mol. The molecule has 2 aliphatic heterocycles. The van der Waals surface area contributed by atoms with Gasteiger partial charge in [0.25, 0.3) is 0 Å². The topological polar surface area (TPSA) is 47.1 Å². The van der Waals surface area contributed by atoms with E-state index >= 15 is 0 Å². The van der Waals surface area contributed by atoms with Crippen LogP contribution in [0.25, 0.3) is 0 Å². The zero-order valence-corrected chi connectivity index (χ0v) is 19.7. The predicted octanol–water partition coefficient (Wildman–Crippen LogP) is 2.53. The molecule has 6 heteroatoms. The molecule has 2 unspecified atom stereocenters. The molecule has 0 N–H and O–H groups in total. The van der Waals surface area contributed by atoms with Crippen LogP contribution in [0.2, 0.25) is 0 Å². The molecule has 0 aromatic carbocycles. The second-order valence-corrected chi connectivity index (χ2v) is 9.63. The summed E-state index contributed by atoms with van der Waals surface area (Å²) in [5.41, 5.74) is 0. The highest BCUT2D eigenvalue weighted by molar-refractivity contribution is 5.79. The van der Waals surface area contributed by atoms with Crippen molar-refractivity contribution in [3.05, 3.63) is 0 Å². The number of carbonyl (C=O) groups is 2. The highest BCUT2D eigenvalue weighted by atomic mass is 16.2. The molecular weight excluding hydrogens is 364 g/mol. The van der Waals surface area contributed by atoms with Crippen LogP contribution < -0.4 is 0 Å². The van der Waals surface area contributed by atoms with Gasteiger partial charge in [-0.05, 0) is 98.1 Å². The summed E-state index contributed by atoms with van der Waals surface area (Å²) in [6.07, 6.45) is 6.22. The lowest BCUT2D eigenvalue weighted by atomic mass is 9.89. The maximum atomic E-state index is 12.6. The molecule has 2 amide bonds. The van der Waals surface area contributed by atoms with Crippen molar-refractivity contribution in [1.29, 1.82) is 0 Å². The third kappa shape index (κ3) is 6.95. The van der Waals surface area contributed by atoms with Gasteiger partial charge in [0.1, 0.15) is 0 Å². The molecule has 0 aromatic heterocycles. The van der Waals surface area contributed by atoms with Crippen LogP contribution in [0.15, 0.2) is 0 Å². The van der Waals surface area contributed by atoms with Crippen molar-refractivity contribution in [3.63, 3.8) is 0 Å². The number of carbonyl (C=O) groups excluding carboxylic acids is 2. The van der Waals surface area contributed by atoms with Crippen LogP contribution in [0, 0.1) is 11.8 Å². The van der Waals surface area contributed by atoms with Gasteiger partial charge >= 0.3 is 0 Å². The second kappa shape index (κ2) is 11.3. The van der Waals surface area contributed by atoms with Crippen molar-refractivity contribution < 1.29 is 9.59 Å². The number of nitrogens with zero attached hydrogens (tertiary/aromatic N) is 4. The summed E-state index contributed by atoms with van der Waals surface area (Å²) in [5, 5.41) is 0. The summed E-state index contributed by atoms with van der Waals surface area (Å²) < 4.78 is 0. The number of amides is 2. The van der Waals surface area contributed by atoms with Gasteiger partial charge in [0.15, 0.2) is 0 Å². The van der Waals surface area contributed by atoms with E-state index in [-0.39, 0.29) is 23.9 Å². The summed E-state index contributed by atoms with van der Waals surface area (Å²) in [6.45, 7) is 8.83. The van der Waals surface area contributed by atoms with Gasteiger partial charge in [0, 0.05) is 39.0 Å². The molecule has 2 heterocycles. The molecule has 168 valence electrons. The van der Waals surface area contributed by atoms with Crippen LogP contribution in [0.4, 0.5) is 0 Å². The number of likely N-dealkylation sites (tertiary alicyclic amines) is 2. The molecule has 0 aromatic rings. The third-order valence-electron chi connectivity index (χ3n) is 7.68. The van der Waals surface area contributed by atoms with Gasteiger partial charge < -0.3 is 19.6 Å². The summed E-state index contributed by atoms with van der Waals surface area (Å²) in [5.74, 6) is 1.53. The number of hydrogen-bond acceptors (Lipinski definition) is 4. The van der Waals surface area contributed by atoms with Gasteiger partial charge in [-0.15, -0.1) is 0 Å². The normalized spacial score (nSPS) is 22.3. The molecular formula is C23H44N4O2. The first-order chi connectivity index (χ1) is 13.7. The molecule has 0 saturated carbocycles. The van der Waals surface area contributed by atoms with Gasteiger partial charge in [0.05, 0.1) is 0 Å². The molecule has 2 atom stereocenters. The molecule has 2 aliphatic rings. The smallest absolute Gasteiger partial charge is 0.222 e. The zero-order chi connectivity index (χ0) is 21.6. The number of rotatable bonds is 8. The first-order valence-electron chi connectivity index (χ1n) is 11.6. The lowest BCUT2D eigenvalue weighted by molar-refractivity contribution is -0.134. The molecule has 29 heavy (non-hydrogen) atoms. The molecule has 0 spiro atoms. The molecule has 2 saturated heterocycles. The minimum Gasteiger partial charge on any atom is -0.343 e. The van der Waals surface area contributed by atoms with E-state index in [1.165, 1.54) is 0 Å². The zero-order valence-electron chi connectivity index (χ0n) is 19.7. The predicted molar refractivity (Wildman–Crippen MR) is 119 cm³/mol. The molecule has 2 fully saturated rings. The van der Waals surface area contributed by atoms with Gasteiger partial charge in [-0.25, -0.2) is 0 Å². The maximum Gasteiger partial charge on any atom is 0.222 e. The van der Waals surface area contributed by atoms with Crippen LogP contribution >= 0.6 is 0 Å². The van der Waals surface area contributed by atoms with E-state index in [1.807, 2.05) is 23.9 Å². The molecule has 0 bridgehead atoms. The van der Waals surface area contributed by atoms with Crippen LogP contribution in [0.3, 0.4) is 0 Å². The summed E-state index contributed by atoms with van der Waals surface area (Å²) >= 11 is 0. The lowest BCUT2D eigenvalue weighted by Crippen LogP contribution is -2.44. The maximum absolute atomic E-state index is 12.6. The average Bonchev–Trinajstić information content (AvgIpc) is 2.72. The van der Waals surface area contributed by atoms with Crippen LogP contribution in [-0.4, -0.2) is 97.9 Å². The summed E-state index contributed by atoms with van der Waals surface area (Å²) in [6, 6.07) is 0.554. The first kappa shape index (κ1) is 24.1. The molecule has 0 radical (unpaired) electrons. The number of hydrogen-bond donors (Lipinski definition) is 0. The minimum absolute atomic E-state index is 0.176. The Labute approximate surface area is 178 Å². The van der Waals surface area contributed by atoms with Gasteiger partial charge in [0.2, 0.25) is 11.8 Å². The monoisotopic (exact) mass is 408 g/mol. The Bertz CT molecular complexity index is 479. The van der Waals surface area contributed by atoms with Crippen molar-refractivity contribution in [3.8, 4) is 0 Å². The van der Waals surface area contributed by atoms with Crippen molar-refractivity contribution in [2.24, 2.45) is 11.8 Å². The summed E-state index contributed by atoms with van der Waals surface area (Å²) in [4.78, 5) is 33.8. The Kier molecular flexibility index (Phi) is 9.41. The fraction of sp³-hybridized carbons (Fsp3) is 0.913. The standard InChI is InChI=1S/C23H44N4O2/c1-18(20-10-14-24(3)15-11-20)26(5)22(28)8-7-9-23(29)27(6)19(2)21-12-16-25(4)17-13-21/h18-21H,7-17H2,1-6H3. The quantitative estimate of drug-likeness (QED) is 0.619. The van der Waals surface area contributed by atoms with E-state index in [4.69, 9.17) is 0 Å². The number of piperidine rings is 2. The van der Waals surface area contributed by atoms with Crippen LogP contribution in [0.5, 0.6) is 0 Å². The minimum atomic E-state index is 0.176. The fourth-order valence-corrected chi connectivity index (χ4v) is 4.85. The van der Waals surface area contributed by atoms with E-state index < -0.39 is 0 Å². The van der Waals surface area contributed by atoms with E-state index in [1.54, 1.807) is 0 Å². The van der Waals surface area contributed by atoms with Crippen LogP contribution in [-0.2, 0) is 9.59 Å². The van der Waals surface area contributed by atoms with Crippen LogP contribution in [0.1, 0.15) is 58.8 Å². The molecule has 6 nitrogen and oxygen atoms in total. The van der Waals surface area contributed by atoms with Crippen molar-refractivity contribution in [1.82, 2.24) is 19.6 Å². The Balaban J connectivity index is 1.70. The van der Waals surface area contributed by atoms with Gasteiger partial charge in [-0.2, -0.15) is 0 Å². The first-order valence-corrected chi connectivity index (χ1v) is 11.6. The molecule has 2 rings (SSSR count). The highest BCUT2D eigenvalue weighted by Crippen LogP contribution is 2.24. The molecule has 0 aliphatic carbocycles.